The maximum absolute atomic E-state index is 13.4. The number of ether oxygens (including phenoxy) is 2. The first-order chi connectivity index (χ1) is 8.58. The number of benzene rings is 2. The molecule has 2 aromatic rings. The van der Waals surface area contributed by atoms with Gasteiger partial charge in [-0.2, -0.15) is 0 Å². The highest BCUT2D eigenvalue weighted by Crippen LogP contribution is 2.29. The minimum Gasteiger partial charge on any atom is -0.497 e. The van der Waals surface area contributed by atoms with Gasteiger partial charge in [-0.3, -0.25) is 0 Å². The van der Waals surface area contributed by atoms with E-state index in [1.807, 2.05) is 0 Å². The molecule has 0 saturated carbocycles. The Balaban J connectivity index is 2.30. The predicted octanol–water partition coefficient (Wildman–Crippen LogP) is 3.35. The van der Waals surface area contributed by atoms with Crippen LogP contribution in [-0.4, -0.2) is 7.11 Å². The number of nitrogen functional groups attached to an aromatic ring is 1. The summed E-state index contributed by atoms with van der Waals surface area (Å²) in [7, 11) is 1.48. The van der Waals surface area contributed by atoms with E-state index in [-0.39, 0.29) is 5.75 Å². The van der Waals surface area contributed by atoms with Gasteiger partial charge in [0.15, 0.2) is 11.6 Å². The van der Waals surface area contributed by atoms with Crippen LogP contribution in [0.15, 0.2) is 36.4 Å². The first kappa shape index (κ1) is 12.2. The highest BCUT2D eigenvalue weighted by Gasteiger charge is 2.07. The third-order valence-electron chi connectivity index (χ3n) is 2.26. The average Bonchev–Trinajstić information content (AvgIpc) is 2.32. The first-order valence-corrected chi connectivity index (χ1v) is 5.16. The molecule has 2 rings (SSSR count). The Bertz CT molecular complexity index is 573. The molecule has 0 unspecified atom stereocenters. The smallest absolute Gasteiger partial charge is 0.168 e. The summed E-state index contributed by atoms with van der Waals surface area (Å²) in [5.41, 5.74) is 6.06. The fraction of sp³-hybridized carbons (Fsp3) is 0.0769. The summed E-state index contributed by atoms with van der Waals surface area (Å²) in [6.07, 6.45) is 0. The lowest BCUT2D eigenvalue weighted by Crippen LogP contribution is -1.93. The molecule has 0 fully saturated rings. The zero-order valence-electron chi connectivity index (χ0n) is 9.61. The van der Waals surface area contributed by atoms with Crippen molar-refractivity contribution >= 4 is 5.69 Å². The zero-order chi connectivity index (χ0) is 13.1. The predicted molar refractivity (Wildman–Crippen MR) is 63.8 cm³/mol. The quantitative estimate of drug-likeness (QED) is 0.851. The van der Waals surface area contributed by atoms with E-state index in [9.17, 15) is 8.78 Å². The van der Waals surface area contributed by atoms with Gasteiger partial charge in [0.2, 0.25) is 0 Å². The lowest BCUT2D eigenvalue weighted by molar-refractivity contribution is 0.405. The number of nitrogens with two attached hydrogens (primary N) is 1. The number of hydrogen-bond donors (Lipinski definition) is 1. The Labute approximate surface area is 103 Å². The van der Waals surface area contributed by atoms with Gasteiger partial charge in [0, 0.05) is 30.0 Å². The maximum atomic E-state index is 13.4. The summed E-state index contributed by atoms with van der Waals surface area (Å²) < 4.78 is 36.4. The van der Waals surface area contributed by atoms with Crippen LogP contribution in [0.5, 0.6) is 17.2 Å². The van der Waals surface area contributed by atoms with Gasteiger partial charge in [-0.05, 0) is 12.1 Å². The molecule has 0 amide bonds. The van der Waals surface area contributed by atoms with E-state index in [1.54, 1.807) is 12.1 Å². The van der Waals surface area contributed by atoms with E-state index in [0.717, 1.165) is 12.1 Å². The molecule has 0 aliphatic rings. The van der Waals surface area contributed by atoms with Gasteiger partial charge in [-0.25, -0.2) is 8.78 Å². The summed E-state index contributed by atoms with van der Waals surface area (Å²) in [5, 5.41) is 0. The van der Waals surface area contributed by atoms with Gasteiger partial charge in [0.05, 0.1) is 7.11 Å². The van der Waals surface area contributed by atoms with Crippen LogP contribution in [0.4, 0.5) is 14.5 Å². The van der Waals surface area contributed by atoms with Crippen molar-refractivity contribution in [3.8, 4) is 17.2 Å². The Kier molecular flexibility index (Phi) is 3.32. The van der Waals surface area contributed by atoms with Crippen LogP contribution in [0.2, 0.25) is 0 Å². The van der Waals surface area contributed by atoms with Crippen LogP contribution in [0.25, 0.3) is 0 Å². The SMILES string of the molecule is COc1cc(N)cc(Oc2ccc(F)cc2F)c1. The third kappa shape index (κ3) is 2.68. The van der Waals surface area contributed by atoms with Crippen molar-refractivity contribution in [1.82, 2.24) is 0 Å². The van der Waals surface area contributed by atoms with E-state index >= 15 is 0 Å². The molecule has 18 heavy (non-hydrogen) atoms. The molecule has 0 spiro atoms. The monoisotopic (exact) mass is 251 g/mol. The van der Waals surface area contributed by atoms with Crippen LogP contribution >= 0.6 is 0 Å². The molecule has 94 valence electrons. The largest absolute Gasteiger partial charge is 0.497 e. The van der Waals surface area contributed by atoms with Gasteiger partial charge in [0.25, 0.3) is 0 Å². The van der Waals surface area contributed by atoms with Gasteiger partial charge in [-0.15, -0.1) is 0 Å². The molecule has 0 radical (unpaired) electrons. The normalized spacial score (nSPS) is 10.2. The minimum absolute atomic E-state index is 0.0796. The molecule has 0 aliphatic heterocycles. The fourth-order valence-corrected chi connectivity index (χ4v) is 1.46. The molecule has 0 bridgehead atoms. The van der Waals surface area contributed by atoms with Crippen molar-refractivity contribution in [2.45, 2.75) is 0 Å². The summed E-state index contributed by atoms with van der Waals surface area (Å²) in [5.74, 6) is -0.713. The molecule has 0 heterocycles. The maximum Gasteiger partial charge on any atom is 0.168 e. The van der Waals surface area contributed by atoms with Crippen molar-refractivity contribution in [1.29, 1.82) is 0 Å². The summed E-state index contributed by atoms with van der Waals surface area (Å²) in [6.45, 7) is 0. The molecule has 2 aromatic carbocycles. The second-order valence-corrected chi connectivity index (χ2v) is 3.62. The Morgan fingerprint density at radius 3 is 2.39 bits per heavy atom. The standard InChI is InChI=1S/C13H11F2NO2/c1-17-10-5-9(16)6-11(7-10)18-13-3-2-8(14)4-12(13)15/h2-7H,16H2,1H3. The lowest BCUT2D eigenvalue weighted by Gasteiger charge is -2.09. The van der Waals surface area contributed by atoms with Crippen molar-refractivity contribution in [2.24, 2.45) is 0 Å². The lowest BCUT2D eigenvalue weighted by atomic mass is 10.2. The van der Waals surface area contributed by atoms with Crippen molar-refractivity contribution in [3.05, 3.63) is 48.0 Å². The van der Waals surface area contributed by atoms with Crippen LogP contribution in [-0.2, 0) is 0 Å². The number of methoxy groups -OCH3 is 1. The molecule has 3 nitrogen and oxygen atoms in total. The summed E-state index contributed by atoms with van der Waals surface area (Å²) in [6, 6.07) is 7.75. The first-order valence-electron chi connectivity index (χ1n) is 5.16. The van der Waals surface area contributed by atoms with E-state index < -0.39 is 11.6 Å². The van der Waals surface area contributed by atoms with E-state index in [2.05, 4.69) is 0 Å². The van der Waals surface area contributed by atoms with Crippen LogP contribution in [0.3, 0.4) is 0 Å². The highest BCUT2D eigenvalue weighted by molar-refractivity contribution is 5.51. The number of halogens is 2. The van der Waals surface area contributed by atoms with Gasteiger partial charge in [-0.1, -0.05) is 0 Å². The Hall–Kier alpha value is -2.30. The third-order valence-corrected chi connectivity index (χ3v) is 2.26. The van der Waals surface area contributed by atoms with Gasteiger partial charge in [0.1, 0.15) is 17.3 Å². The molecular formula is C13H11F2NO2. The average molecular weight is 251 g/mol. The molecule has 5 heteroatoms. The zero-order valence-corrected chi connectivity index (χ0v) is 9.61. The number of hydrogen-bond acceptors (Lipinski definition) is 3. The van der Waals surface area contributed by atoms with Crippen LogP contribution in [0, 0.1) is 11.6 Å². The van der Waals surface area contributed by atoms with Crippen molar-refractivity contribution in [2.75, 3.05) is 12.8 Å². The van der Waals surface area contributed by atoms with Crippen molar-refractivity contribution < 1.29 is 18.3 Å². The fourth-order valence-electron chi connectivity index (χ4n) is 1.46. The molecule has 0 atom stereocenters. The Morgan fingerprint density at radius 2 is 1.72 bits per heavy atom. The molecule has 2 N–H and O–H groups in total. The van der Waals surface area contributed by atoms with Crippen LogP contribution < -0.4 is 15.2 Å². The van der Waals surface area contributed by atoms with Gasteiger partial charge >= 0.3 is 0 Å². The highest BCUT2D eigenvalue weighted by atomic mass is 19.1. The van der Waals surface area contributed by atoms with Crippen LogP contribution in [0.1, 0.15) is 0 Å². The van der Waals surface area contributed by atoms with E-state index in [4.69, 9.17) is 15.2 Å². The second kappa shape index (κ2) is 4.91. The van der Waals surface area contributed by atoms with E-state index in [0.29, 0.717) is 17.2 Å². The summed E-state index contributed by atoms with van der Waals surface area (Å²) in [4.78, 5) is 0. The molecule has 0 aliphatic carbocycles. The minimum atomic E-state index is -0.781. The van der Waals surface area contributed by atoms with E-state index in [1.165, 1.54) is 19.2 Å². The molecule has 0 aromatic heterocycles. The topological polar surface area (TPSA) is 44.5 Å². The number of rotatable bonds is 3. The summed E-state index contributed by atoms with van der Waals surface area (Å²) >= 11 is 0. The van der Waals surface area contributed by atoms with Crippen molar-refractivity contribution in [3.63, 3.8) is 0 Å². The Morgan fingerprint density at radius 1 is 1.00 bits per heavy atom. The molecule has 0 saturated heterocycles. The van der Waals surface area contributed by atoms with Gasteiger partial charge < -0.3 is 15.2 Å². The molecular weight excluding hydrogens is 240 g/mol. The number of anilines is 1. The second-order valence-electron chi connectivity index (χ2n) is 3.62.